The molecule has 3 aromatic heterocycles. The van der Waals surface area contributed by atoms with Gasteiger partial charge in [0.25, 0.3) is 0 Å². The minimum atomic E-state index is -0.996. The lowest BCUT2D eigenvalue weighted by molar-refractivity contribution is 0.0695. The first-order valence-corrected chi connectivity index (χ1v) is 13.4. The summed E-state index contributed by atoms with van der Waals surface area (Å²) in [6, 6.07) is 13.8. The maximum absolute atomic E-state index is 12.1. The molecule has 1 N–H and O–H groups in total. The highest BCUT2D eigenvalue weighted by Gasteiger charge is 2.46. The molecule has 1 aromatic carbocycles. The van der Waals surface area contributed by atoms with Crippen molar-refractivity contribution >= 4 is 5.97 Å². The fraction of sp³-hybridized carbons (Fsp3) is 0.414. The van der Waals surface area contributed by atoms with Gasteiger partial charge >= 0.3 is 5.97 Å². The van der Waals surface area contributed by atoms with E-state index >= 15 is 0 Å². The second-order valence-electron chi connectivity index (χ2n) is 10.6. The van der Waals surface area contributed by atoms with Gasteiger partial charge in [0.15, 0.2) is 5.82 Å². The zero-order valence-electron chi connectivity index (χ0n) is 21.7. The van der Waals surface area contributed by atoms with E-state index < -0.39 is 5.97 Å². The van der Waals surface area contributed by atoms with Gasteiger partial charge in [-0.15, -0.1) is 5.10 Å². The van der Waals surface area contributed by atoms with Crippen LogP contribution in [0, 0.1) is 5.92 Å². The highest BCUT2D eigenvalue weighted by Crippen LogP contribution is 2.55. The topological polar surface area (TPSA) is 108 Å². The number of rotatable bonds is 8. The fourth-order valence-electron chi connectivity index (χ4n) is 5.77. The number of benzene rings is 1. The zero-order valence-corrected chi connectivity index (χ0v) is 21.7. The molecule has 2 aliphatic carbocycles. The van der Waals surface area contributed by atoms with Crippen LogP contribution in [0.4, 0.5) is 0 Å². The third kappa shape index (κ3) is 4.80. The molecule has 196 valence electrons. The van der Waals surface area contributed by atoms with Crippen molar-refractivity contribution in [1.82, 2.24) is 29.8 Å². The fourth-order valence-corrected chi connectivity index (χ4v) is 5.77. The second kappa shape index (κ2) is 10.0. The molecule has 4 aromatic rings. The summed E-state index contributed by atoms with van der Waals surface area (Å²) >= 11 is 0. The monoisotopic (exact) mass is 512 g/mol. The molecule has 3 heterocycles. The normalized spacial score (nSPS) is 20.3. The Hall–Kier alpha value is -4.01. The van der Waals surface area contributed by atoms with Crippen LogP contribution in [0.1, 0.15) is 79.0 Å². The van der Waals surface area contributed by atoms with E-state index in [9.17, 15) is 9.90 Å². The maximum atomic E-state index is 12.1. The number of aromatic carboxylic acids is 1. The Labute approximate surface area is 221 Å². The summed E-state index contributed by atoms with van der Waals surface area (Å²) in [7, 11) is 1.83. The van der Waals surface area contributed by atoms with Crippen molar-refractivity contribution in [2.75, 3.05) is 0 Å². The van der Waals surface area contributed by atoms with Crippen molar-refractivity contribution in [1.29, 1.82) is 0 Å². The number of pyridine rings is 1. The largest absolute Gasteiger partial charge is 0.490 e. The molecule has 0 aliphatic heterocycles. The van der Waals surface area contributed by atoms with Crippen molar-refractivity contribution in [3.05, 3.63) is 71.8 Å². The van der Waals surface area contributed by atoms with E-state index in [-0.39, 0.29) is 23.5 Å². The van der Waals surface area contributed by atoms with Crippen LogP contribution in [0.25, 0.3) is 17.1 Å². The number of aromatic nitrogens is 6. The second-order valence-corrected chi connectivity index (χ2v) is 10.6. The molecular formula is C29H32N6O3. The van der Waals surface area contributed by atoms with Crippen molar-refractivity contribution in [2.24, 2.45) is 13.0 Å². The molecule has 0 spiro atoms. The lowest BCUT2D eigenvalue weighted by Gasteiger charge is -2.28. The molecule has 0 saturated heterocycles. The molecule has 2 fully saturated rings. The van der Waals surface area contributed by atoms with Gasteiger partial charge in [-0.3, -0.25) is 4.68 Å². The highest BCUT2D eigenvalue weighted by molar-refractivity contribution is 5.89. The summed E-state index contributed by atoms with van der Waals surface area (Å²) in [6.45, 7) is 2.17. The predicted molar refractivity (Wildman–Crippen MR) is 142 cm³/mol. The number of carboxylic acid groups (broad SMARTS) is 1. The quantitative estimate of drug-likeness (QED) is 0.338. The number of nitrogens with zero attached hydrogens (tertiary/aromatic N) is 6. The van der Waals surface area contributed by atoms with Crippen LogP contribution in [0.2, 0.25) is 0 Å². The number of carbonyl (C=O) groups is 1. The summed E-state index contributed by atoms with van der Waals surface area (Å²) < 4.78 is 9.68. The first-order valence-electron chi connectivity index (χ1n) is 13.4. The van der Waals surface area contributed by atoms with Gasteiger partial charge in [0.2, 0.25) is 0 Å². The smallest absolute Gasteiger partial charge is 0.339 e. The average molecular weight is 513 g/mol. The maximum Gasteiger partial charge on any atom is 0.339 e. The molecule has 9 nitrogen and oxygen atoms in total. The van der Waals surface area contributed by atoms with Gasteiger partial charge in [-0.25, -0.2) is 14.5 Å². The molecule has 2 aliphatic rings. The first kappa shape index (κ1) is 24.3. The summed E-state index contributed by atoms with van der Waals surface area (Å²) in [6.07, 6.45) is 10.6. The molecule has 38 heavy (non-hydrogen) atoms. The highest BCUT2D eigenvalue weighted by atomic mass is 16.5. The summed E-state index contributed by atoms with van der Waals surface area (Å²) in [5, 5.41) is 22.6. The van der Waals surface area contributed by atoms with Gasteiger partial charge in [-0.05, 0) is 56.4 Å². The van der Waals surface area contributed by atoms with Crippen LogP contribution in [-0.2, 0) is 7.05 Å². The van der Waals surface area contributed by atoms with Crippen molar-refractivity contribution in [2.45, 2.75) is 63.4 Å². The van der Waals surface area contributed by atoms with E-state index in [0.29, 0.717) is 17.4 Å². The zero-order chi connectivity index (χ0) is 26.2. The molecule has 6 rings (SSSR count). The van der Waals surface area contributed by atoms with Gasteiger partial charge in [-0.2, -0.15) is 5.10 Å². The van der Waals surface area contributed by atoms with E-state index in [1.54, 1.807) is 9.36 Å². The summed E-state index contributed by atoms with van der Waals surface area (Å²) in [5.41, 5.74) is 3.42. The molecule has 3 unspecified atom stereocenters. The van der Waals surface area contributed by atoms with Crippen molar-refractivity contribution < 1.29 is 14.6 Å². The average Bonchev–Trinajstić information content (AvgIpc) is 3.38. The van der Waals surface area contributed by atoms with Gasteiger partial charge in [0.1, 0.15) is 11.3 Å². The number of hydrogen-bond acceptors (Lipinski definition) is 6. The van der Waals surface area contributed by atoms with Crippen LogP contribution >= 0.6 is 0 Å². The SMILES string of the molecule is CC(Oc1cccc(-c2cccc(-n3ncc(C(=O)O)c3C3CC3c3cn(C)nn3)n2)c1)C1CCCCC1. The number of ether oxygens (including phenoxy) is 1. The molecule has 0 amide bonds. The van der Waals surface area contributed by atoms with E-state index in [1.807, 2.05) is 55.7 Å². The predicted octanol–water partition coefficient (Wildman–Crippen LogP) is 5.38. The molecular weight excluding hydrogens is 480 g/mol. The van der Waals surface area contributed by atoms with Gasteiger partial charge in [0, 0.05) is 30.6 Å². The summed E-state index contributed by atoms with van der Waals surface area (Å²) in [4.78, 5) is 16.9. The van der Waals surface area contributed by atoms with Crippen molar-refractivity contribution in [3.8, 4) is 22.8 Å². The Morgan fingerprint density at radius 2 is 1.92 bits per heavy atom. The Morgan fingerprint density at radius 1 is 1.11 bits per heavy atom. The lowest BCUT2D eigenvalue weighted by Crippen LogP contribution is -2.25. The lowest BCUT2D eigenvalue weighted by atomic mass is 9.86. The number of hydrogen-bond donors (Lipinski definition) is 1. The van der Waals surface area contributed by atoms with Crippen LogP contribution in [-0.4, -0.2) is 46.9 Å². The molecule has 0 bridgehead atoms. The summed E-state index contributed by atoms with van der Waals surface area (Å²) in [5.74, 6) is 1.12. The van der Waals surface area contributed by atoms with Crippen LogP contribution < -0.4 is 4.74 Å². The number of aryl methyl sites for hydroxylation is 1. The standard InChI is InChI=1S/C29H32N6O3/c1-18(19-8-4-3-5-9-19)38-21-11-6-10-20(14-21)25-12-7-13-27(31-25)35-28(24(16-30-35)29(36)37)23-15-22(23)26-17-34(2)33-32-26/h6-7,10-14,16-19,22-23H,3-5,8-9,15H2,1-2H3,(H,36,37). The van der Waals surface area contributed by atoms with Crippen molar-refractivity contribution in [3.63, 3.8) is 0 Å². The van der Waals surface area contributed by atoms with E-state index in [2.05, 4.69) is 22.3 Å². The molecule has 0 radical (unpaired) electrons. The van der Waals surface area contributed by atoms with Gasteiger partial charge in [-0.1, -0.05) is 42.7 Å². The van der Waals surface area contributed by atoms with E-state index in [0.717, 1.165) is 29.1 Å². The number of carboxylic acids is 1. The molecule has 9 heteroatoms. The molecule has 2 saturated carbocycles. The Bertz CT molecular complexity index is 1450. The minimum absolute atomic E-state index is 0.0104. The van der Waals surface area contributed by atoms with E-state index in [4.69, 9.17) is 9.72 Å². The van der Waals surface area contributed by atoms with E-state index in [1.165, 1.54) is 38.3 Å². The van der Waals surface area contributed by atoms with Gasteiger partial charge < -0.3 is 9.84 Å². The van der Waals surface area contributed by atoms with Crippen LogP contribution in [0.3, 0.4) is 0 Å². The Balaban J connectivity index is 1.28. The van der Waals surface area contributed by atoms with Gasteiger partial charge in [0.05, 0.1) is 29.4 Å². The Morgan fingerprint density at radius 3 is 2.68 bits per heavy atom. The minimum Gasteiger partial charge on any atom is -0.490 e. The molecule has 3 atom stereocenters. The van der Waals surface area contributed by atoms with Crippen LogP contribution in [0.5, 0.6) is 5.75 Å². The third-order valence-corrected chi connectivity index (χ3v) is 7.90. The first-order chi connectivity index (χ1) is 18.5. The van der Waals surface area contributed by atoms with Crippen LogP contribution in [0.15, 0.2) is 54.9 Å². The Kier molecular flexibility index (Phi) is 6.43. The third-order valence-electron chi connectivity index (χ3n) is 7.90.